The van der Waals surface area contributed by atoms with Crippen molar-refractivity contribution in [2.75, 3.05) is 32.7 Å². The molecule has 5 rings (SSSR count). The molecule has 0 aliphatic carbocycles. The molecule has 6 nitrogen and oxygen atoms in total. The number of fused-ring (bicyclic) bond motifs is 3. The largest absolute Gasteiger partial charge is 0.385 e. The van der Waals surface area contributed by atoms with Gasteiger partial charge in [-0.1, -0.05) is 48.0 Å². The third-order valence-corrected chi connectivity index (χ3v) is 8.64. The molecule has 0 radical (unpaired) electrons. The number of hydrogen-bond acceptors (Lipinski definition) is 3. The Labute approximate surface area is 198 Å². The van der Waals surface area contributed by atoms with Crippen molar-refractivity contribution in [3.63, 3.8) is 0 Å². The molecule has 3 aromatic carbocycles. The van der Waals surface area contributed by atoms with Gasteiger partial charge < -0.3 is 14.6 Å². The zero-order valence-electron chi connectivity index (χ0n) is 18.2. The number of nitrogens with one attached hydrogen (secondary N) is 1. The summed E-state index contributed by atoms with van der Waals surface area (Å²) in [6, 6.07) is 22.8. The predicted molar refractivity (Wildman–Crippen MR) is 131 cm³/mol. The number of aliphatic hydroxyl groups excluding tert-OH is 1. The Balaban J connectivity index is 1.25. The molecule has 8 heteroatoms. The van der Waals surface area contributed by atoms with Crippen LogP contribution in [-0.2, 0) is 16.6 Å². The molecule has 1 saturated heterocycles. The average molecular weight is 485 g/mol. The number of benzene rings is 3. The fraction of sp³-hybridized carbons (Fsp3) is 0.280. The van der Waals surface area contributed by atoms with E-state index in [-0.39, 0.29) is 4.90 Å². The van der Waals surface area contributed by atoms with Crippen LogP contribution < -0.4 is 4.90 Å². The second-order valence-corrected chi connectivity index (χ2v) is 11.0. The number of rotatable bonds is 6. The summed E-state index contributed by atoms with van der Waals surface area (Å²) in [6.45, 7) is 3.28. The normalized spacial score (nSPS) is 17.0. The molecule has 1 aromatic heterocycles. The highest BCUT2D eigenvalue weighted by molar-refractivity contribution is 7.89. The maximum Gasteiger partial charge on any atom is 0.243 e. The van der Waals surface area contributed by atoms with Gasteiger partial charge >= 0.3 is 0 Å². The van der Waals surface area contributed by atoms with Gasteiger partial charge in [0.05, 0.1) is 37.6 Å². The Morgan fingerprint density at radius 2 is 1.42 bits per heavy atom. The fourth-order valence-electron chi connectivity index (χ4n) is 4.81. The van der Waals surface area contributed by atoms with Gasteiger partial charge in [-0.15, -0.1) is 0 Å². The first-order valence-electron chi connectivity index (χ1n) is 11.2. The van der Waals surface area contributed by atoms with Crippen LogP contribution in [-0.4, -0.2) is 61.2 Å². The van der Waals surface area contributed by atoms with E-state index in [1.54, 1.807) is 24.3 Å². The summed E-state index contributed by atoms with van der Waals surface area (Å²) in [4.78, 5) is 1.48. The van der Waals surface area contributed by atoms with Gasteiger partial charge in [-0.25, -0.2) is 8.42 Å². The molecule has 1 atom stereocenters. The molecule has 1 aliphatic rings. The second kappa shape index (κ2) is 9.08. The van der Waals surface area contributed by atoms with Gasteiger partial charge in [0.2, 0.25) is 10.0 Å². The molecule has 1 aliphatic heterocycles. The Morgan fingerprint density at radius 1 is 0.879 bits per heavy atom. The molecule has 0 unspecified atom stereocenters. The summed E-state index contributed by atoms with van der Waals surface area (Å²) in [6.07, 6.45) is -0.529. The van der Waals surface area contributed by atoms with Crippen LogP contribution in [0.5, 0.6) is 0 Å². The van der Waals surface area contributed by atoms with E-state index in [0.29, 0.717) is 44.3 Å². The molecule has 0 saturated carbocycles. The molecule has 1 fully saturated rings. The topological polar surface area (TPSA) is 67.0 Å². The van der Waals surface area contributed by atoms with Gasteiger partial charge in [0.25, 0.3) is 0 Å². The van der Waals surface area contributed by atoms with E-state index < -0.39 is 16.1 Å². The van der Waals surface area contributed by atoms with Crippen LogP contribution >= 0.6 is 11.6 Å². The smallest absolute Gasteiger partial charge is 0.243 e. The Morgan fingerprint density at radius 3 is 2.00 bits per heavy atom. The summed E-state index contributed by atoms with van der Waals surface area (Å²) in [5, 5.41) is 13.8. The number of sulfonamides is 1. The number of para-hydroxylation sites is 2. The lowest BCUT2D eigenvalue weighted by atomic mass is 10.2. The van der Waals surface area contributed by atoms with Crippen LogP contribution in [0.2, 0.25) is 5.02 Å². The molecule has 0 spiro atoms. The van der Waals surface area contributed by atoms with E-state index in [4.69, 9.17) is 11.6 Å². The minimum atomic E-state index is -3.53. The van der Waals surface area contributed by atoms with Crippen molar-refractivity contribution in [2.24, 2.45) is 0 Å². The number of piperazine rings is 1. The standard InChI is InChI=1S/C25H26ClN3O3S/c26-19-9-11-21(12-10-19)33(31,32)28-15-13-27(14-16-28)17-20(30)18-29-24-7-3-1-5-22(24)23-6-2-4-8-25(23)29/h1-12,20,30H,13-18H2/p+1/t20-/m1/s1. The molecule has 0 bridgehead atoms. The first-order chi connectivity index (χ1) is 15.9. The predicted octanol–water partition coefficient (Wildman–Crippen LogP) is 2.40. The number of hydrogen-bond donors (Lipinski definition) is 2. The minimum Gasteiger partial charge on any atom is -0.385 e. The van der Waals surface area contributed by atoms with Crippen molar-refractivity contribution in [3.8, 4) is 0 Å². The lowest BCUT2D eigenvalue weighted by Crippen LogP contribution is -3.15. The molecule has 2 N–H and O–H groups in total. The van der Waals surface area contributed by atoms with E-state index >= 15 is 0 Å². The average Bonchev–Trinajstić information content (AvgIpc) is 3.13. The molecule has 4 aromatic rings. The number of aromatic nitrogens is 1. The molecule has 33 heavy (non-hydrogen) atoms. The van der Waals surface area contributed by atoms with E-state index in [2.05, 4.69) is 28.8 Å². The number of halogens is 1. The van der Waals surface area contributed by atoms with Gasteiger partial charge in [0, 0.05) is 26.8 Å². The zero-order valence-corrected chi connectivity index (χ0v) is 19.8. The highest BCUT2D eigenvalue weighted by Gasteiger charge is 2.31. The number of quaternary nitrogens is 1. The third-order valence-electron chi connectivity index (χ3n) is 6.48. The van der Waals surface area contributed by atoms with Crippen molar-refractivity contribution in [3.05, 3.63) is 77.8 Å². The monoisotopic (exact) mass is 484 g/mol. The van der Waals surface area contributed by atoms with Crippen LogP contribution in [0.25, 0.3) is 21.8 Å². The van der Waals surface area contributed by atoms with Gasteiger partial charge in [-0.05, 0) is 36.4 Å². The fourth-order valence-corrected chi connectivity index (χ4v) is 6.38. The summed E-state index contributed by atoms with van der Waals surface area (Å²) < 4.78 is 29.5. The summed E-state index contributed by atoms with van der Waals surface area (Å²) in [5.74, 6) is 0. The summed E-state index contributed by atoms with van der Waals surface area (Å²) in [7, 11) is -3.53. The highest BCUT2D eigenvalue weighted by atomic mass is 35.5. The Bertz CT molecular complexity index is 1320. The van der Waals surface area contributed by atoms with Crippen LogP contribution in [0.1, 0.15) is 0 Å². The molecule has 2 heterocycles. The van der Waals surface area contributed by atoms with E-state index in [1.165, 1.54) is 20.0 Å². The molecular weight excluding hydrogens is 458 g/mol. The zero-order chi connectivity index (χ0) is 23.0. The minimum absolute atomic E-state index is 0.266. The SMILES string of the molecule is O=S(=O)(c1ccc(Cl)cc1)N1CC[NH+](C[C@@H](O)Cn2c3ccccc3c3ccccc32)CC1. The van der Waals surface area contributed by atoms with Crippen molar-refractivity contribution >= 4 is 43.4 Å². The molecule has 0 amide bonds. The molecule has 172 valence electrons. The summed E-state index contributed by atoms with van der Waals surface area (Å²) >= 11 is 5.89. The van der Waals surface area contributed by atoms with Crippen LogP contribution in [0.3, 0.4) is 0 Å². The number of aliphatic hydroxyl groups is 1. The van der Waals surface area contributed by atoms with Crippen molar-refractivity contribution < 1.29 is 18.4 Å². The van der Waals surface area contributed by atoms with Crippen LogP contribution in [0, 0.1) is 0 Å². The van der Waals surface area contributed by atoms with Crippen LogP contribution in [0.15, 0.2) is 77.7 Å². The maximum atomic E-state index is 12.9. The highest BCUT2D eigenvalue weighted by Crippen LogP contribution is 2.28. The van der Waals surface area contributed by atoms with Gasteiger partial charge in [-0.2, -0.15) is 4.31 Å². The quantitative estimate of drug-likeness (QED) is 0.441. The van der Waals surface area contributed by atoms with Crippen molar-refractivity contribution in [1.82, 2.24) is 8.87 Å². The van der Waals surface area contributed by atoms with Gasteiger partial charge in [0.15, 0.2) is 0 Å². The molecular formula is C25H27ClN3O3S+. The van der Waals surface area contributed by atoms with Crippen LogP contribution in [0.4, 0.5) is 0 Å². The first kappa shape index (κ1) is 22.4. The van der Waals surface area contributed by atoms with Gasteiger partial charge in [0.1, 0.15) is 12.6 Å². The first-order valence-corrected chi connectivity index (χ1v) is 13.0. The van der Waals surface area contributed by atoms with E-state index in [1.807, 2.05) is 24.3 Å². The van der Waals surface area contributed by atoms with E-state index in [9.17, 15) is 13.5 Å². The number of nitrogens with zero attached hydrogens (tertiary/aromatic N) is 2. The second-order valence-electron chi connectivity index (χ2n) is 8.61. The van der Waals surface area contributed by atoms with Gasteiger partial charge in [-0.3, -0.25) is 0 Å². The van der Waals surface area contributed by atoms with E-state index in [0.717, 1.165) is 11.0 Å². The Hall–Kier alpha value is -2.42. The maximum absolute atomic E-state index is 12.9. The lowest BCUT2D eigenvalue weighted by Gasteiger charge is -2.32. The van der Waals surface area contributed by atoms with Crippen molar-refractivity contribution in [2.45, 2.75) is 17.5 Å². The summed E-state index contributed by atoms with van der Waals surface area (Å²) in [5.41, 5.74) is 2.23. The van der Waals surface area contributed by atoms with Crippen molar-refractivity contribution in [1.29, 1.82) is 0 Å². The third kappa shape index (κ3) is 4.39. The Kier molecular flexibility index (Phi) is 6.16. The lowest BCUT2D eigenvalue weighted by molar-refractivity contribution is -0.906.